The third-order valence-corrected chi connectivity index (χ3v) is 2.83. The van der Waals surface area contributed by atoms with Gasteiger partial charge < -0.3 is 24.9 Å². The molecule has 0 amide bonds. The smallest absolute Gasteiger partial charge is 0.176 e. The van der Waals surface area contributed by atoms with Gasteiger partial charge in [0.2, 0.25) is 0 Å². The highest BCUT2D eigenvalue weighted by molar-refractivity contribution is 5.83. The molecule has 1 atom stereocenters. The number of hydrogen-bond acceptors (Lipinski definition) is 6. The Morgan fingerprint density at radius 1 is 1.43 bits per heavy atom. The van der Waals surface area contributed by atoms with Gasteiger partial charge in [0.1, 0.15) is 31.3 Å². The van der Waals surface area contributed by atoms with E-state index < -0.39 is 6.10 Å². The summed E-state index contributed by atoms with van der Waals surface area (Å²) < 4.78 is 11.3. The van der Waals surface area contributed by atoms with Crippen molar-refractivity contribution in [3.8, 4) is 5.75 Å². The molecule has 0 saturated heterocycles. The predicted molar refractivity (Wildman–Crippen MR) is 77.7 cm³/mol. The van der Waals surface area contributed by atoms with E-state index in [1.165, 1.54) is 6.26 Å². The van der Waals surface area contributed by atoms with Crippen LogP contribution in [0.1, 0.15) is 5.76 Å². The summed E-state index contributed by atoms with van der Waals surface area (Å²) in [6.07, 6.45) is 1.08. The third kappa shape index (κ3) is 4.22. The first kappa shape index (κ1) is 15.4. The van der Waals surface area contributed by atoms with Gasteiger partial charge in [0.05, 0.1) is 0 Å². The van der Waals surface area contributed by atoms with E-state index in [0.717, 1.165) is 11.1 Å². The van der Waals surface area contributed by atoms with Gasteiger partial charge in [-0.05, 0) is 12.1 Å². The van der Waals surface area contributed by atoms with Gasteiger partial charge in [-0.3, -0.25) is 0 Å². The van der Waals surface area contributed by atoms with Crippen molar-refractivity contribution in [1.82, 2.24) is 0 Å². The van der Waals surface area contributed by atoms with Gasteiger partial charge in [-0.25, -0.2) is 0 Å². The molecule has 1 heterocycles. The number of fused-ring (bicyclic) bond motifs is 1. The van der Waals surface area contributed by atoms with E-state index in [1.807, 2.05) is 18.2 Å². The molecule has 0 aliphatic carbocycles. The first-order chi connectivity index (χ1) is 10.2. The number of rotatable bonds is 9. The molecular weight excluding hydrogens is 274 g/mol. The topological polar surface area (TPSA) is 87.1 Å². The Hall–Kier alpha value is -2.02. The Morgan fingerprint density at radius 2 is 2.29 bits per heavy atom. The summed E-state index contributed by atoms with van der Waals surface area (Å²) in [6.45, 7) is 4.01. The van der Waals surface area contributed by atoms with Crippen molar-refractivity contribution in [2.45, 2.75) is 12.5 Å². The number of hydrogen-bond donors (Lipinski definition) is 2. The molecule has 0 spiro atoms. The zero-order valence-electron chi connectivity index (χ0n) is 11.7. The van der Waals surface area contributed by atoms with Gasteiger partial charge in [0.15, 0.2) is 11.3 Å². The number of nitrogens with two attached hydrogens (primary N) is 1. The highest BCUT2D eigenvalue weighted by Crippen LogP contribution is 2.29. The van der Waals surface area contributed by atoms with E-state index in [1.54, 1.807) is 6.07 Å². The first-order valence-electron chi connectivity index (χ1n) is 6.66. The standard InChI is InChI=1S/C15H19NO5/c1-2-19-20-7-6-13-8-11-4-3-5-14(15(11)21-13)18-10-12(17)9-16/h2-5,8,12,17H,1,6-7,9-10,16H2. The number of benzene rings is 1. The van der Waals surface area contributed by atoms with E-state index in [2.05, 4.69) is 11.5 Å². The Bertz CT molecular complexity index is 580. The second-order valence-corrected chi connectivity index (χ2v) is 4.42. The third-order valence-electron chi connectivity index (χ3n) is 2.83. The SMILES string of the molecule is C=COOCCc1cc2cccc(OCC(O)CN)c2o1. The van der Waals surface area contributed by atoms with Crippen LogP contribution in [-0.4, -0.2) is 31.0 Å². The molecule has 1 aromatic carbocycles. The normalized spacial score (nSPS) is 12.3. The van der Waals surface area contributed by atoms with E-state index >= 15 is 0 Å². The molecule has 0 aliphatic rings. The number of ether oxygens (including phenoxy) is 1. The van der Waals surface area contributed by atoms with Crippen LogP contribution >= 0.6 is 0 Å². The summed E-state index contributed by atoms with van der Waals surface area (Å²) in [5.41, 5.74) is 5.99. The maximum atomic E-state index is 9.44. The van der Waals surface area contributed by atoms with Crippen molar-refractivity contribution in [1.29, 1.82) is 0 Å². The van der Waals surface area contributed by atoms with Crippen LogP contribution in [0, 0.1) is 0 Å². The number of aliphatic hydroxyl groups is 1. The Morgan fingerprint density at radius 3 is 3.05 bits per heavy atom. The highest BCUT2D eigenvalue weighted by Gasteiger charge is 2.11. The molecular formula is C15H19NO5. The van der Waals surface area contributed by atoms with Crippen molar-refractivity contribution in [2.24, 2.45) is 5.73 Å². The van der Waals surface area contributed by atoms with Crippen LogP contribution in [0.3, 0.4) is 0 Å². The average molecular weight is 293 g/mol. The summed E-state index contributed by atoms with van der Waals surface area (Å²) in [5, 5.41) is 10.4. The predicted octanol–water partition coefficient (Wildman–Crippen LogP) is 1.77. The molecule has 2 rings (SSSR count). The number of aliphatic hydroxyl groups excluding tert-OH is 1. The monoisotopic (exact) mass is 293 g/mol. The van der Waals surface area contributed by atoms with Gasteiger partial charge in [0.25, 0.3) is 0 Å². The second kappa shape index (κ2) is 7.68. The van der Waals surface area contributed by atoms with Gasteiger partial charge in [-0.1, -0.05) is 18.7 Å². The van der Waals surface area contributed by atoms with Crippen LogP contribution in [0.4, 0.5) is 0 Å². The molecule has 114 valence electrons. The molecule has 21 heavy (non-hydrogen) atoms. The lowest BCUT2D eigenvalue weighted by Crippen LogP contribution is -2.26. The summed E-state index contributed by atoms with van der Waals surface area (Å²) in [7, 11) is 0. The van der Waals surface area contributed by atoms with Crippen LogP contribution in [0.15, 0.2) is 41.5 Å². The van der Waals surface area contributed by atoms with E-state index in [4.69, 9.17) is 19.8 Å². The minimum atomic E-state index is -0.695. The maximum absolute atomic E-state index is 9.44. The second-order valence-electron chi connectivity index (χ2n) is 4.42. The summed E-state index contributed by atoms with van der Waals surface area (Å²) >= 11 is 0. The molecule has 6 nitrogen and oxygen atoms in total. The summed E-state index contributed by atoms with van der Waals surface area (Å²) in [4.78, 5) is 9.44. The average Bonchev–Trinajstić information content (AvgIpc) is 2.92. The largest absolute Gasteiger partial charge is 0.487 e. The lowest BCUT2D eigenvalue weighted by Gasteiger charge is -2.10. The molecule has 3 N–H and O–H groups in total. The quantitative estimate of drug-likeness (QED) is 0.317. The Kier molecular flexibility index (Phi) is 5.62. The van der Waals surface area contributed by atoms with E-state index in [0.29, 0.717) is 24.4 Å². The van der Waals surface area contributed by atoms with Crippen LogP contribution in [0.25, 0.3) is 11.0 Å². The molecule has 0 saturated carbocycles. The van der Waals surface area contributed by atoms with Crippen LogP contribution in [0.5, 0.6) is 5.75 Å². The molecule has 0 fully saturated rings. The lowest BCUT2D eigenvalue weighted by atomic mass is 10.2. The van der Waals surface area contributed by atoms with Gasteiger partial charge >= 0.3 is 0 Å². The fourth-order valence-corrected chi connectivity index (χ4v) is 1.82. The van der Waals surface area contributed by atoms with Crippen molar-refractivity contribution in [3.05, 3.63) is 42.9 Å². The van der Waals surface area contributed by atoms with Crippen molar-refractivity contribution in [3.63, 3.8) is 0 Å². The summed E-state index contributed by atoms with van der Waals surface area (Å²) in [5.74, 6) is 1.34. The summed E-state index contributed by atoms with van der Waals surface area (Å²) in [6, 6.07) is 7.49. The minimum Gasteiger partial charge on any atom is -0.487 e. The van der Waals surface area contributed by atoms with Gasteiger partial charge in [0, 0.05) is 18.4 Å². The van der Waals surface area contributed by atoms with Crippen molar-refractivity contribution < 1.29 is 24.0 Å². The lowest BCUT2D eigenvalue weighted by molar-refractivity contribution is -0.247. The minimum absolute atomic E-state index is 0.127. The van der Waals surface area contributed by atoms with Crippen molar-refractivity contribution >= 4 is 11.0 Å². The van der Waals surface area contributed by atoms with Crippen LogP contribution < -0.4 is 10.5 Å². The fourth-order valence-electron chi connectivity index (χ4n) is 1.82. The van der Waals surface area contributed by atoms with E-state index in [-0.39, 0.29) is 13.2 Å². The zero-order valence-corrected chi connectivity index (χ0v) is 11.7. The molecule has 1 aromatic heterocycles. The highest BCUT2D eigenvalue weighted by atomic mass is 17.2. The Labute approximate surface area is 122 Å². The molecule has 0 bridgehead atoms. The molecule has 2 aromatic rings. The van der Waals surface area contributed by atoms with Gasteiger partial charge in [-0.15, -0.1) is 0 Å². The Balaban J connectivity index is 2.05. The van der Waals surface area contributed by atoms with Crippen molar-refractivity contribution in [2.75, 3.05) is 19.8 Å². The zero-order chi connectivity index (χ0) is 15.1. The van der Waals surface area contributed by atoms with E-state index in [9.17, 15) is 5.11 Å². The van der Waals surface area contributed by atoms with Crippen LogP contribution in [0.2, 0.25) is 0 Å². The number of furan rings is 1. The molecule has 0 aliphatic heterocycles. The maximum Gasteiger partial charge on any atom is 0.176 e. The molecule has 6 heteroatoms. The van der Waals surface area contributed by atoms with Gasteiger partial charge in [-0.2, -0.15) is 4.89 Å². The first-order valence-corrected chi connectivity index (χ1v) is 6.66. The molecule has 1 unspecified atom stereocenters. The molecule has 0 radical (unpaired) electrons. The number of para-hydroxylation sites is 1. The fraction of sp³-hybridized carbons (Fsp3) is 0.333. The van der Waals surface area contributed by atoms with Crippen LogP contribution in [-0.2, 0) is 16.2 Å².